The second-order valence-electron chi connectivity index (χ2n) is 9.75. The highest BCUT2D eigenvalue weighted by Gasteiger charge is 2.33. The summed E-state index contributed by atoms with van der Waals surface area (Å²) in [6.45, 7) is 5.44. The molecular formula is C27H35FN2O4. The fourth-order valence-corrected chi connectivity index (χ4v) is 5.20. The lowest BCUT2D eigenvalue weighted by Gasteiger charge is -2.32. The predicted molar refractivity (Wildman–Crippen MR) is 128 cm³/mol. The van der Waals surface area contributed by atoms with Crippen molar-refractivity contribution in [1.82, 2.24) is 5.32 Å². The van der Waals surface area contributed by atoms with Crippen molar-refractivity contribution >= 4 is 17.5 Å². The van der Waals surface area contributed by atoms with Crippen LogP contribution >= 0.6 is 0 Å². The maximum Gasteiger partial charge on any atom is 0.255 e. The van der Waals surface area contributed by atoms with Crippen LogP contribution < -0.4 is 10.6 Å². The molecule has 1 aromatic heterocycles. The zero-order valence-corrected chi connectivity index (χ0v) is 20.1. The second-order valence-corrected chi connectivity index (χ2v) is 9.75. The van der Waals surface area contributed by atoms with Gasteiger partial charge < -0.3 is 19.8 Å². The number of hydrogen-bond donors (Lipinski definition) is 2. The summed E-state index contributed by atoms with van der Waals surface area (Å²) in [6.07, 6.45) is 9.01. The van der Waals surface area contributed by atoms with E-state index in [9.17, 15) is 14.0 Å². The molecule has 1 saturated carbocycles. The minimum absolute atomic E-state index is 0.0310. The van der Waals surface area contributed by atoms with E-state index in [1.807, 2.05) is 6.92 Å². The predicted octanol–water partition coefficient (Wildman–Crippen LogP) is 5.44. The van der Waals surface area contributed by atoms with Crippen LogP contribution in [0.3, 0.4) is 0 Å². The molecule has 2 N–H and O–H groups in total. The van der Waals surface area contributed by atoms with Gasteiger partial charge in [-0.15, -0.1) is 0 Å². The van der Waals surface area contributed by atoms with Crippen molar-refractivity contribution < 1.29 is 23.1 Å². The molecule has 6 nitrogen and oxygen atoms in total. The van der Waals surface area contributed by atoms with Gasteiger partial charge in [0, 0.05) is 24.5 Å². The number of amides is 2. The van der Waals surface area contributed by atoms with E-state index in [2.05, 4.69) is 17.6 Å². The molecular weight excluding hydrogens is 435 g/mol. The standard InChI is InChI=1S/C27H35FN2O4/c1-3-18-15-34-16-23(18)26(31)30-25(20-6-4-17(2)5-7-20)27(32)29-21-8-9-22(24(28)14-21)19-10-12-33-13-11-19/h8-9,14-17,19-20,25H,3-7,10-13H2,1-2H3,(H,29,32)(H,30,31)/t17?,20?,25-/m0/s1. The van der Waals surface area contributed by atoms with Gasteiger partial charge in [0.05, 0.1) is 11.8 Å². The number of nitrogens with one attached hydrogen (secondary N) is 2. The van der Waals surface area contributed by atoms with Crippen LogP contribution in [0.25, 0.3) is 0 Å². The van der Waals surface area contributed by atoms with Crippen LogP contribution in [0.4, 0.5) is 10.1 Å². The molecule has 1 aliphatic carbocycles. The number of rotatable bonds is 7. The Labute approximate surface area is 200 Å². The third-order valence-corrected chi connectivity index (χ3v) is 7.40. The van der Waals surface area contributed by atoms with Crippen molar-refractivity contribution in [1.29, 1.82) is 0 Å². The lowest BCUT2D eigenvalue weighted by Crippen LogP contribution is -2.49. The summed E-state index contributed by atoms with van der Waals surface area (Å²) in [5.41, 5.74) is 2.33. The maximum absolute atomic E-state index is 14.9. The van der Waals surface area contributed by atoms with Crippen molar-refractivity contribution in [3.05, 3.63) is 53.2 Å². The zero-order valence-electron chi connectivity index (χ0n) is 20.1. The van der Waals surface area contributed by atoms with Crippen LogP contribution in [-0.4, -0.2) is 31.1 Å². The van der Waals surface area contributed by atoms with E-state index in [0.29, 0.717) is 42.4 Å². The Kier molecular flexibility index (Phi) is 8.03. The summed E-state index contributed by atoms with van der Waals surface area (Å²) in [5.74, 6) is -0.162. The fourth-order valence-electron chi connectivity index (χ4n) is 5.20. The lowest BCUT2D eigenvalue weighted by molar-refractivity contribution is -0.119. The first-order valence-corrected chi connectivity index (χ1v) is 12.5. The molecule has 184 valence electrons. The van der Waals surface area contributed by atoms with Crippen LogP contribution in [-0.2, 0) is 16.0 Å². The van der Waals surface area contributed by atoms with Gasteiger partial charge in [-0.3, -0.25) is 9.59 Å². The molecule has 0 bridgehead atoms. The van der Waals surface area contributed by atoms with Gasteiger partial charge in [0.15, 0.2) is 0 Å². The molecule has 2 amide bonds. The molecule has 0 radical (unpaired) electrons. The molecule has 1 aromatic carbocycles. The zero-order chi connectivity index (χ0) is 24.1. The van der Waals surface area contributed by atoms with E-state index >= 15 is 0 Å². The summed E-state index contributed by atoms with van der Waals surface area (Å²) >= 11 is 0. The molecule has 1 saturated heterocycles. The van der Waals surface area contributed by atoms with E-state index in [4.69, 9.17) is 9.15 Å². The number of halogens is 1. The van der Waals surface area contributed by atoms with Crippen LogP contribution in [0.2, 0.25) is 0 Å². The Morgan fingerprint density at radius 1 is 1.09 bits per heavy atom. The number of benzene rings is 1. The maximum atomic E-state index is 14.9. The molecule has 1 aliphatic heterocycles. The molecule has 0 unspecified atom stereocenters. The van der Waals surface area contributed by atoms with Gasteiger partial charge in [0.1, 0.15) is 18.1 Å². The molecule has 2 aliphatic rings. The molecule has 2 fully saturated rings. The Bertz CT molecular complexity index is 990. The molecule has 1 atom stereocenters. The number of anilines is 1. The van der Waals surface area contributed by atoms with Crippen molar-refractivity contribution in [3.8, 4) is 0 Å². The quantitative estimate of drug-likeness (QED) is 0.565. The minimum Gasteiger partial charge on any atom is -0.471 e. The summed E-state index contributed by atoms with van der Waals surface area (Å²) in [7, 11) is 0. The highest BCUT2D eigenvalue weighted by atomic mass is 19.1. The monoisotopic (exact) mass is 470 g/mol. The number of hydrogen-bond acceptors (Lipinski definition) is 4. The number of aryl methyl sites for hydroxylation is 1. The van der Waals surface area contributed by atoms with Crippen molar-refractivity contribution in [2.75, 3.05) is 18.5 Å². The van der Waals surface area contributed by atoms with Crippen LogP contribution in [0.5, 0.6) is 0 Å². The number of carbonyl (C=O) groups excluding carboxylic acids is 2. The number of carbonyl (C=O) groups is 2. The van der Waals surface area contributed by atoms with E-state index in [-0.39, 0.29) is 29.5 Å². The first-order valence-electron chi connectivity index (χ1n) is 12.5. The van der Waals surface area contributed by atoms with Crippen LogP contribution in [0.1, 0.15) is 79.8 Å². The van der Waals surface area contributed by atoms with Gasteiger partial charge in [0.25, 0.3) is 5.91 Å². The summed E-state index contributed by atoms with van der Waals surface area (Å²) in [6, 6.07) is 4.20. The third-order valence-electron chi connectivity index (χ3n) is 7.40. The molecule has 4 rings (SSSR count). The largest absolute Gasteiger partial charge is 0.471 e. The van der Waals surface area contributed by atoms with Gasteiger partial charge in [-0.1, -0.05) is 32.8 Å². The Balaban J connectivity index is 1.49. The smallest absolute Gasteiger partial charge is 0.255 e. The fraction of sp³-hybridized carbons (Fsp3) is 0.556. The number of ether oxygens (including phenoxy) is 1. The Hall–Kier alpha value is -2.67. The summed E-state index contributed by atoms with van der Waals surface area (Å²) < 4.78 is 25.5. The molecule has 2 heterocycles. The van der Waals surface area contributed by atoms with Crippen molar-refractivity contribution in [3.63, 3.8) is 0 Å². The van der Waals surface area contributed by atoms with Crippen molar-refractivity contribution in [2.24, 2.45) is 11.8 Å². The van der Waals surface area contributed by atoms with Crippen molar-refractivity contribution in [2.45, 2.75) is 70.8 Å². The third kappa shape index (κ3) is 5.69. The first kappa shape index (κ1) is 24.5. The topological polar surface area (TPSA) is 80.6 Å². The Morgan fingerprint density at radius 2 is 1.82 bits per heavy atom. The minimum atomic E-state index is -0.696. The summed E-state index contributed by atoms with van der Waals surface area (Å²) in [4.78, 5) is 26.4. The van der Waals surface area contributed by atoms with Gasteiger partial charge in [0.2, 0.25) is 5.91 Å². The second kappa shape index (κ2) is 11.2. The SMILES string of the molecule is CCc1cocc1C(=O)N[C@H](C(=O)Nc1ccc(C2CCOCC2)c(F)c1)C1CCC(C)CC1. The van der Waals surface area contributed by atoms with E-state index in [1.54, 1.807) is 18.4 Å². The van der Waals surface area contributed by atoms with Crippen LogP contribution in [0.15, 0.2) is 35.1 Å². The van der Waals surface area contributed by atoms with Gasteiger partial charge in [-0.05, 0) is 67.6 Å². The average molecular weight is 471 g/mol. The number of furan rings is 1. The van der Waals surface area contributed by atoms with E-state index < -0.39 is 6.04 Å². The molecule has 7 heteroatoms. The Morgan fingerprint density at radius 3 is 2.50 bits per heavy atom. The highest BCUT2D eigenvalue weighted by molar-refractivity contribution is 6.01. The van der Waals surface area contributed by atoms with Gasteiger partial charge in [-0.25, -0.2) is 4.39 Å². The average Bonchev–Trinajstić information content (AvgIpc) is 3.33. The van der Waals surface area contributed by atoms with Crippen LogP contribution in [0, 0.1) is 17.7 Å². The normalized spacial score (nSPS) is 22.2. The highest BCUT2D eigenvalue weighted by Crippen LogP contribution is 2.32. The van der Waals surface area contributed by atoms with Gasteiger partial charge in [-0.2, -0.15) is 0 Å². The molecule has 0 spiro atoms. The first-order chi connectivity index (χ1) is 16.5. The summed E-state index contributed by atoms with van der Waals surface area (Å²) in [5, 5.41) is 5.82. The molecule has 34 heavy (non-hydrogen) atoms. The van der Waals surface area contributed by atoms with E-state index in [0.717, 1.165) is 44.1 Å². The van der Waals surface area contributed by atoms with Gasteiger partial charge >= 0.3 is 0 Å². The van der Waals surface area contributed by atoms with E-state index in [1.165, 1.54) is 12.3 Å². The lowest BCUT2D eigenvalue weighted by atomic mass is 9.79. The molecule has 2 aromatic rings.